The fourth-order valence-electron chi connectivity index (χ4n) is 2.34. The Hall–Kier alpha value is -2.27. The van der Waals surface area contributed by atoms with Gasteiger partial charge in [0.15, 0.2) is 11.6 Å². The molecule has 3 N–H and O–H groups in total. The standard InChI is InChI=1S/C14H18F2N2O2.C2HF3O2/c15-12-3-1-10(7-13(12)16)2-4-14(20)18-6-5-17-8-11(18)9-19;3-2(4,5)1(6)7/h1,3,7,11,17,19H,2,4-6,8-9H2;(H,6,7)/t11-;/m1./s1. The number of aliphatic hydroxyl groups is 1. The highest BCUT2D eigenvalue weighted by molar-refractivity contribution is 5.77. The van der Waals surface area contributed by atoms with E-state index in [0.717, 1.165) is 12.1 Å². The highest BCUT2D eigenvalue weighted by Crippen LogP contribution is 2.13. The Morgan fingerprint density at radius 1 is 1.22 bits per heavy atom. The van der Waals surface area contributed by atoms with Crippen molar-refractivity contribution in [1.29, 1.82) is 0 Å². The van der Waals surface area contributed by atoms with E-state index in [4.69, 9.17) is 9.90 Å². The summed E-state index contributed by atoms with van der Waals surface area (Å²) >= 11 is 0. The molecule has 0 unspecified atom stereocenters. The van der Waals surface area contributed by atoms with Crippen molar-refractivity contribution in [2.24, 2.45) is 0 Å². The molecule has 1 aliphatic rings. The third kappa shape index (κ3) is 7.47. The average molecular weight is 398 g/mol. The van der Waals surface area contributed by atoms with Crippen molar-refractivity contribution in [3.05, 3.63) is 35.4 Å². The van der Waals surface area contributed by atoms with Crippen LogP contribution in [0.5, 0.6) is 0 Å². The molecular formula is C16H19F5N2O4. The molecule has 1 aromatic rings. The molecule has 1 aliphatic heterocycles. The number of nitrogens with one attached hydrogen (secondary N) is 1. The van der Waals surface area contributed by atoms with Gasteiger partial charge in [-0.05, 0) is 24.1 Å². The Morgan fingerprint density at radius 2 is 1.85 bits per heavy atom. The van der Waals surface area contributed by atoms with Crippen LogP contribution in [-0.2, 0) is 16.0 Å². The van der Waals surface area contributed by atoms with Crippen molar-refractivity contribution in [1.82, 2.24) is 10.2 Å². The predicted octanol–water partition coefficient (Wildman–Crippen LogP) is 1.32. The first-order valence-corrected chi connectivity index (χ1v) is 7.91. The number of piperazine rings is 1. The van der Waals surface area contributed by atoms with Crippen LogP contribution in [0.2, 0.25) is 0 Å². The van der Waals surface area contributed by atoms with Crippen molar-refractivity contribution in [3.63, 3.8) is 0 Å². The van der Waals surface area contributed by atoms with E-state index in [1.807, 2.05) is 0 Å². The van der Waals surface area contributed by atoms with Crippen molar-refractivity contribution < 1.29 is 41.8 Å². The number of amides is 1. The summed E-state index contributed by atoms with van der Waals surface area (Å²) in [6.07, 6.45) is -4.50. The molecule has 1 atom stereocenters. The van der Waals surface area contributed by atoms with Crippen LogP contribution in [0, 0.1) is 11.6 Å². The molecule has 27 heavy (non-hydrogen) atoms. The van der Waals surface area contributed by atoms with Crippen molar-refractivity contribution in [3.8, 4) is 0 Å². The zero-order valence-corrected chi connectivity index (χ0v) is 14.1. The van der Waals surface area contributed by atoms with E-state index in [1.54, 1.807) is 4.90 Å². The van der Waals surface area contributed by atoms with Gasteiger partial charge < -0.3 is 20.4 Å². The van der Waals surface area contributed by atoms with Crippen LogP contribution in [0.1, 0.15) is 12.0 Å². The third-order valence-electron chi connectivity index (χ3n) is 3.74. The molecule has 1 saturated heterocycles. The number of hydrogen-bond donors (Lipinski definition) is 3. The lowest BCUT2D eigenvalue weighted by Crippen LogP contribution is -2.55. The van der Waals surface area contributed by atoms with E-state index in [1.165, 1.54) is 6.07 Å². The van der Waals surface area contributed by atoms with Gasteiger partial charge in [-0.3, -0.25) is 4.79 Å². The minimum absolute atomic E-state index is 0.0738. The number of carboxylic acids is 1. The number of benzene rings is 1. The molecule has 2 rings (SSSR count). The molecule has 1 aromatic carbocycles. The number of aryl methyl sites for hydroxylation is 1. The molecule has 0 aliphatic carbocycles. The van der Waals surface area contributed by atoms with Gasteiger partial charge in [0.1, 0.15) is 0 Å². The summed E-state index contributed by atoms with van der Waals surface area (Å²) in [5.41, 5.74) is 0.591. The number of carbonyl (C=O) groups excluding carboxylic acids is 1. The molecule has 1 fully saturated rings. The van der Waals surface area contributed by atoms with Gasteiger partial charge in [-0.15, -0.1) is 0 Å². The van der Waals surface area contributed by atoms with Crippen molar-refractivity contribution in [2.75, 3.05) is 26.2 Å². The summed E-state index contributed by atoms with van der Waals surface area (Å²) in [6, 6.07) is 3.45. The average Bonchev–Trinajstić information content (AvgIpc) is 2.62. The van der Waals surface area contributed by atoms with Gasteiger partial charge in [0, 0.05) is 26.1 Å². The van der Waals surface area contributed by atoms with Gasteiger partial charge in [0.2, 0.25) is 5.91 Å². The van der Waals surface area contributed by atoms with Crippen LogP contribution in [0.25, 0.3) is 0 Å². The lowest BCUT2D eigenvalue weighted by Gasteiger charge is -2.35. The summed E-state index contributed by atoms with van der Waals surface area (Å²) < 4.78 is 57.6. The van der Waals surface area contributed by atoms with Crippen LogP contribution >= 0.6 is 0 Å². The maximum Gasteiger partial charge on any atom is 0.490 e. The van der Waals surface area contributed by atoms with Gasteiger partial charge in [-0.1, -0.05) is 6.07 Å². The van der Waals surface area contributed by atoms with Crippen LogP contribution < -0.4 is 5.32 Å². The number of rotatable bonds is 4. The van der Waals surface area contributed by atoms with E-state index in [2.05, 4.69) is 5.32 Å². The molecule has 11 heteroatoms. The van der Waals surface area contributed by atoms with E-state index >= 15 is 0 Å². The molecule has 0 aromatic heterocycles. The molecule has 152 valence electrons. The van der Waals surface area contributed by atoms with E-state index < -0.39 is 23.8 Å². The first-order valence-electron chi connectivity index (χ1n) is 7.91. The number of aliphatic hydroxyl groups excluding tert-OH is 1. The highest BCUT2D eigenvalue weighted by Gasteiger charge is 2.38. The maximum absolute atomic E-state index is 13.1. The van der Waals surface area contributed by atoms with E-state index in [-0.39, 0.29) is 25.0 Å². The number of carboxylic acid groups (broad SMARTS) is 1. The SMILES string of the molecule is O=C(CCc1ccc(F)c(F)c1)N1CCNC[C@@H]1CO.O=C(O)C(F)(F)F. The molecular weight excluding hydrogens is 379 g/mol. The second-order valence-corrected chi connectivity index (χ2v) is 5.68. The normalized spacial score (nSPS) is 17.1. The second kappa shape index (κ2) is 10.2. The maximum atomic E-state index is 13.1. The van der Waals surface area contributed by atoms with Gasteiger partial charge in [0.05, 0.1) is 12.6 Å². The van der Waals surface area contributed by atoms with Crippen LogP contribution in [0.3, 0.4) is 0 Å². The molecule has 0 spiro atoms. The second-order valence-electron chi connectivity index (χ2n) is 5.68. The summed E-state index contributed by atoms with van der Waals surface area (Å²) in [5.74, 6) is -4.62. The first-order chi connectivity index (χ1) is 12.6. The Bertz CT molecular complexity index is 654. The predicted molar refractivity (Wildman–Crippen MR) is 83.8 cm³/mol. The minimum Gasteiger partial charge on any atom is -0.475 e. The zero-order valence-electron chi connectivity index (χ0n) is 14.1. The van der Waals surface area contributed by atoms with E-state index in [0.29, 0.717) is 31.6 Å². The Balaban J connectivity index is 0.000000445. The topological polar surface area (TPSA) is 89.9 Å². The molecule has 1 heterocycles. The Kier molecular flexibility index (Phi) is 8.57. The Morgan fingerprint density at radius 3 is 2.37 bits per heavy atom. The number of nitrogens with zero attached hydrogens (tertiary/aromatic N) is 1. The minimum atomic E-state index is -5.08. The van der Waals surface area contributed by atoms with Crippen LogP contribution in [0.15, 0.2) is 18.2 Å². The summed E-state index contributed by atoms with van der Waals surface area (Å²) in [5, 5.41) is 19.5. The van der Waals surface area contributed by atoms with Crippen LogP contribution in [-0.4, -0.2) is 65.4 Å². The van der Waals surface area contributed by atoms with Crippen molar-refractivity contribution >= 4 is 11.9 Å². The molecule has 1 amide bonds. The van der Waals surface area contributed by atoms with Crippen molar-refractivity contribution in [2.45, 2.75) is 25.1 Å². The summed E-state index contributed by atoms with van der Waals surface area (Å²) in [7, 11) is 0. The Labute approximate surface area is 151 Å². The monoisotopic (exact) mass is 398 g/mol. The fraction of sp³-hybridized carbons (Fsp3) is 0.500. The van der Waals surface area contributed by atoms with E-state index in [9.17, 15) is 31.9 Å². The van der Waals surface area contributed by atoms with Gasteiger partial charge in [-0.2, -0.15) is 13.2 Å². The molecule has 0 bridgehead atoms. The number of alkyl halides is 3. The summed E-state index contributed by atoms with van der Waals surface area (Å²) in [4.78, 5) is 22.7. The lowest BCUT2D eigenvalue weighted by atomic mass is 10.1. The van der Waals surface area contributed by atoms with Crippen LogP contribution in [0.4, 0.5) is 22.0 Å². The molecule has 6 nitrogen and oxygen atoms in total. The number of carbonyl (C=O) groups is 2. The lowest BCUT2D eigenvalue weighted by molar-refractivity contribution is -0.192. The van der Waals surface area contributed by atoms with Gasteiger partial charge in [-0.25, -0.2) is 13.6 Å². The van der Waals surface area contributed by atoms with Gasteiger partial charge in [0.25, 0.3) is 0 Å². The summed E-state index contributed by atoms with van der Waals surface area (Å²) in [6.45, 7) is 1.76. The number of aliphatic carboxylic acids is 1. The highest BCUT2D eigenvalue weighted by atomic mass is 19.4. The van der Waals surface area contributed by atoms with Gasteiger partial charge >= 0.3 is 12.1 Å². The zero-order chi connectivity index (χ0) is 20.6. The largest absolute Gasteiger partial charge is 0.490 e. The third-order valence-corrected chi connectivity index (χ3v) is 3.74. The number of halogens is 5. The smallest absolute Gasteiger partial charge is 0.475 e. The first kappa shape index (κ1) is 22.8. The molecule has 0 radical (unpaired) electrons. The fourth-order valence-corrected chi connectivity index (χ4v) is 2.34. The number of hydrogen-bond acceptors (Lipinski definition) is 4. The quantitative estimate of drug-likeness (QED) is 0.666. The molecule has 0 saturated carbocycles.